The van der Waals surface area contributed by atoms with Gasteiger partial charge in [0.2, 0.25) is 10.0 Å². The van der Waals surface area contributed by atoms with Gasteiger partial charge in [0.15, 0.2) is 0 Å². The summed E-state index contributed by atoms with van der Waals surface area (Å²) in [6.45, 7) is 1.80. The molecule has 1 aromatic heterocycles. The standard InChI is InChI=1S/C11H17ClN2O2S2/c1-7-6-10(17-11(7)12)18(15,16)14-9-4-2-8(13)3-5-9/h6,8-9,14H,2-5,13H2,1H3. The summed E-state index contributed by atoms with van der Waals surface area (Å²) in [5, 5.41) is 0. The van der Waals surface area contributed by atoms with Crippen molar-refractivity contribution in [2.45, 2.75) is 48.9 Å². The molecule has 0 spiro atoms. The fraction of sp³-hybridized carbons (Fsp3) is 0.636. The minimum atomic E-state index is -3.44. The highest BCUT2D eigenvalue weighted by Crippen LogP contribution is 2.30. The van der Waals surface area contributed by atoms with Crippen molar-refractivity contribution >= 4 is 33.0 Å². The first-order chi connectivity index (χ1) is 8.38. The van der Waals surface area contributed by atoms with Gasteiger partial charge >= 0.3 is 0 Å². The van der Waals surface area contributed by atoms with Crippen LogP contribution in [0.2, 0.25) is 4.34 Å². The Morgan fingerprint density at radius 1 is 1.39 bits per heavy atom. The first kappa shape index (κ1) is 14.3. The number of halogens is 1. The fourth-order valence-corrected chi connectivity index (χ4v) is 5.11. The Morgan fingerprint density at radius 3 is 2.50 bits per heavy atom. The zero-order valence-electron chi connectivity index (χ0n) is 10.1. The summed E-state index contributed by atoms with van der Waals surface area (Å²) >= 11 is 7.01. The Labute approximate surface area is 117 Å². The summed E-state index contributed by atoms with van der Waals surface area (Å²) in [7, 11) is -3.44. The van der Waals surface area contributed by atoms with Crippen molar-refractivity contribution in [3.63, 3.8) is 0 Å². The van der Waals surface area contributed by atoms with Gasteiger partial charge in [0.1, 0.15) is 4.21 Å². The summed E-state index contributed by atoms with van der Waals surface area (Å²) in [6, 6.07) is 1.82. The lowest BCUT2D eigenvalue weighted by Gasteiger charge is -2.26. The first-order valence-corrected chi connectivity index (χ1v) is 8.60. The van der Waals surface area contributed by atoms with Crippen molar-refractivity contribution in [3.8, 4) is 0 Å². The molecule has 0 aromatic carbocycles. The van der Waals surface area contributed by atoms with E-state index in [4.69, 9.17) is 17.3 Å². The minimum Gasteiger partial charge on any atom is -0.328 e. The lowest BCUT2D eigenvalue weighted by Crippen LogP contribution is -2.40. The highest BCUT2D eigenvalue weighted by atomic mass is 35.5. The van der Waals surface area contributed by atoms with Gasteiger partial charge in [-0.1, -0.05) is 11.6 Å². The molecule has 0 unspecified atom stereocenters. The van der Waals surface area contributed by atoms with Crippen LogP contribution in [0.25, 0.3) is 0 Å². The molecule has 0 amide bonds. The molecule has 7 heteroatoms. The predicted molar refractivity (Wildman–Crippen MR) is 74.6 cm³/mol. The van der Waals surface area contributed by atoms with E-state index in [1.54, 1.807) is 13.0 Å². The number of nitrogens with one attached hydrogen (secondary N) is 1. The van der Waals surface area contributed by atoms with E-state index in [1.165, 1.54) is 0 Å². The topological polar surface area (TPSA) is 72.2 Å². The Kier molecular flexibility index (Phi) is 4.33. The van der Waals surface area contributed by atoms with Gasteiger partial charge in [0, 0.05) is 12.1 Å². The molecule has 0 aliphatic heterocycles. The highest BCUT2D eigenvalue weighted by molar-refractivity contribution is 7.91. The molecule has 1 saturated carbocycles. The van der Waals surface area contributed by atoms with Crippen LogP contribution in [0.15, 0.2) is 10.3 Å². The molecule has 18 heavy (non-hydrogen) atoms. The number of aryl methyl sites for hydroxylation is 1. The molecule has 0 bridgehead atoms. The van der Waals surface area contributed by atoms with Gasteiger partial charge < -0.3 is 5.73 Å². The lowest BCUT2D eigenvalue weighted by atomic mass is 9.93. The maximum atomic E-state index is 12.2. The molecule has 1 aliphatic carbocycles. The maximum absolute atomic E-state index is 12.2. The third kappa shape index (κ3) is 3.24. The van der Waals surface area contributed by atoms with E-state index in [1.807, 2.05) is 0 Å². The van der Waals surface area contributed by atoms with Gasteiger partial charge in [-0.15, -0.1) is 11.3 Å². The fourth-order valence-electron chi connectivity index (χ4n) is 2.08. The maximum Gasteiger partial charge on any atom is 0.250 e. The molecule has 102 valence electrons. The van der Waals surface area contributed by atoms with Crippen molar-refractivity contribution in [2.24, 2.45) is 5.73 Å². The number of sulfonamides is 1. The molecule has 4 nitrogen and oxygen atoms in total. The van der Waals surface area contributed by atoms with Gasteiger partial charge in [-0.25, -0.2) is 13.1 Å². The van der Waals surface area contributed by atoms with E-state index in [9.17, 15) is 8.42 Å². The van der Waals surface area contributed by atoms with Crippen LogP contribution < -0.4 is 10.5 Å². The first-order valence-electron chi connectivity index (χ1n) is 5.92. The Hall–Kier alpha value is -0.140. The van der Waals surface area contributed by atoms with Gasteiger partial charge in [0.05, 0.1) is 4.34 Å². The summed E-state index contributed by atoms with van der Waals surface area (Å²) in [5.41, 5.74) is 6.60. The average Bonchev–Trinajstić information content (AvgIpc) is 2.63. The minimum absolute atomic E-state index is 0.00372. The van der Waals surface area contributed by atoms with Crippen LogP contribution in [0.3, 0.4) is 0 Å². The van der Waals surface area contributed by atoms with Crippen LogP contribution in [0.4, 0.5) is 0 Å². The van der Waals surface area contributed by atoms with E-state index < -0.39 is 10.0 Å². The number of rotatable bonds is 3. The molecule has 0 atom stereocenters. The molecule has 1 fully saturated rings. The van der Waals surface area contributed by atoms with Gasteiger partial charge in [-0.3, -0.25) is 0 Å². The summed E-state index contributed by atoms with van der Waals surface area (Å²) in [5.74, 6) is 0. The monoisotopic (exact) mass is 308 g/mol. The molecule has 2 rings (SSSR count). The Bertz CT molecular complexity index is 500. The van der Waals surface area contributed by atoms with E-state index in [-0.39, 0.29) is 12.1 Å². The molecule has 0 saturated heterocycles. The van der Waals surface area contributed by atoms with E-state index in [2.05, 4.69) is 4.72 Å². The second kappa shape index (κ2) is 5.46. The van der Waals surface area contributed by atoms with Crippen LogP contribution in [0.5, 0.6) is 0 Å². The third-order valence-corrected chi connectivity index (χ3v) is 6.74. The largest absolute Gasteiger partial charge is 0.328 e. The quantitative estimate of drug-likeness (QED) is 0.899. The van der Waals surface area contributed by atoms with Crippen LogP contribution in [-0.4, -0.2) is 20.5 Å². The summed E-state index contributed by atoms with van der Waals surface area (Å²) in [6.07, 6.45) is 3.35. The van der Waals surface area contributed by atoms with E-state index in [0.29, 0.717) is 8.55 Å². The number of thiophene rings is 1. The van der Waals surface area contributed by atoms with Crippen molar-refractivity contribution < 1.29 is 8.42 Å². The molecule has 3 N–H and O–H groups in total. The lowest BCUT2D eigenvalue weighted by molar-refractivity contribution is 0.374. The summed E-state index contributed by atoms with van der Waals surface area (Å²) in [4.78, 5) is 0. The van der Waals surface area contributed by atoms with E-state index in [0.717, 1.165) is 42.6 Å². The normalized spacial score (nSPS) is 25.3. The Morgan fingerprint density at radius 2 is 2.00 bits per heavy atom. The molecular weight excluding hydrogens is 292 g/mol. The van der Waals surface area contributed by atoms with E-state index >= 15 is 0 Å². The SMILES string of the molecule is Cc1cc(S(=O)(=O)NC2CCC(N)CC2)sc1Cl. The molecule has 1 aromatic rings. The second-order valence-electron chi connectivity index (χ2n) is 4.76. The zero-order chi connectivity index (χ0) is 13.3. The predicted octanol–water partition coefficient (Wildman–Crippen LogP) is 2.26. The van der Waals surface area contributed by atoms with Crippen LogP contribution >= 0.6 is 22.9 Å². The molecule has 0 radical (unpaired) electrons. The molecule has 1 heterocycles. The second-order valence-corrected chi connectivity index (χ2v) is 8.35. The number of nitrogens with two attached hydrogens (primary N) is 1. The number of hydrogen-bond donors (Lipinski definition) is 2. The van der Waals surface area contributed by atoms with Crippen molar-refractivity contribution in [1.29, 1.82) is 0 Å². The van der Waals surface area contributed by atoms with Crippen molar-refractivity contribution in [2.75, 3.05) is 0 Å². The smallest absolute Gasteiger partial charge is 0.250 e. The van der Waals surface area contributed by atoms with Crippen molar-refractivity contribution in [3.05, 3.63) is 16.0 Å². The zero-order valence-corrected chi connectivity index (χ0v) is 12.5. The van der Waals surface area contributed by atoms with Crippen LogP contribution in [0.1, 0.15) is 31.2 Å². The highest BCUT2D eigenvalue weighted by Gasteiger charge is 2.25. The van der Waals surface area contributed by atoms with Gasteiger partial charge in [-0.2, -0.15) is 0 Å². The molecular formula is C11H17ClN2O2S2. The van der Waals surface area contributed by atoms with Crippen molar-refractivity contribution in [1.82, 2.24) is 4.72 Å². The average molecular weight is 309 g/mol. The van der Waals surface area contributed by atoms with Gasteiger partial charge in [-0.05, 0) is 44.2 Å². The third-order valence-electron chi connectivity index (χ3n) is 3.19. The number of hydrogen-bond acceptors (Lipinski definition) is 4. The van der Waals surface area contributed by atoms with Gasteiger partial charge in [0.25, 0.3) is 0 Å². The summed E-state index contributed by atoms with van der Waals surface area (Å²) < 4.78 is 27.9. The molecule has 1 aliphatic rings. The van der Waals surface area contributed by atoms with Crippen LogP contribution in [0, 0.1) is 6.92 Å². The van der Waals surface area contributed by atoms with Crippen LogP contribution in [-0.2, 0) is 10.0 Å². The Balaban J connectivity index is 2.08.